The van der Waals surface area contributed by atoms with Gasteiger partial charge in [-0.2, -0.15) is 0 Å². The first-order valence-electron chi connectivity index (χ1n) is 9.44. The largest absolute Gasteiger partial charge is 0.301 e. The van der Waals surface area contributed by atoms with Crippen molar-refractivity contribution in [2.45, 2.75) is 24.2 Å². The van der Waals surface area contributed by atoms with Gasteiger partial charge in [0.05, 0.1) is 17.7 Å². The van der Waals surface area contributed by atoms with Gasteiger partial charge in [0, 0.05) is 21.5 Å². The predicted molar refractivity (Wildman–Crippen MR) is 124 cm³/mol. The minimum Gasteiger partial charge on any atom is -0.301 e. The summed E-state index contributed by atoms with van der Waals surface area (Å²) in [6.07, 6.45) is 4.61. The third-order valence-corrected chi connectivity index (χ3v) is 7.03. The second-order valence-electron chi connectivity index (χ2n) is 7.11. The van der Waals surface area contributed by atoms with Crippen molar-refractivity contribution in [3.63, 3.8) is 0 Å². The molecular weight excluding hydrogens is 438 g/mol. The Hall–Kier alpha value is -2.36. The number of thiazole rings is 1. The Kier molecular flexibility index (Phi) is 6.12. The highest BCUT2D eigenvalue weighted by atomic mass is 32.2. The minimum atomic E-state index is -3.31. The molecule has 1 amide bonds. The Balaban J connectivity index is 1.33. The smallest absolute Gasteiger partial charge is 0.236 e. The number of amides is 1. The number of hydrogen-bond acceptors (Lipinski definition) is 6. The van der Waals surface area contributed by atoms with Gasteiger partial charge in [0.15, 0.2) is 5.13 Å². The van der Waals surface area contributed by atoms with E-state index >= 15 is 0 Å². The third-order valence-electron chi connectivity index (χ3n) is 4.67. The normalized spacial score (nSPS) is 13.1. The molecule has 6 nitrogen and oxygen atoms in total. The number of benzene rings is 2. The van der Waals surface area contributed by atoms with Gasteiger partial charge in [-0.3, -0.25) is 9.52 Å². The molecule has 156 valence electrons. The fourth-order valence-electron chi connectivity index (χ4n) is 3.33. The predicted octanol–water partition coefficient (Wildman–Crippen LogP) is 4.40. The number of sulfonamides is 1. The van der Waals surface area contributed by atoms with Crippen molar-refractivity contribution in [1.82, 2.24) is 4.98 Å². The number of fused-ring (bicyclic) bond motifs is 1. The summed E-state index contributed by atoms with van der Waals surface area (Å²) in [6.45, 7) is 0. The fourth-order valence-corrected chi connectivity index (χ4v) is 5.39. The van der Waals surface area contributed by atoms with Gasteiger partial charge in [0.2, 0.25) is 15.9 Å². The number of aromatic nitrogens is 1. The maximum atomic E-state index is 12.3. The Morgan fingerprint density at radius 2 is 1.90 bits per heavy atom. The molecule has 1 aliphatic carbocycles. The van der Waals surface area contributed by atoms with Gasteiger partial charge < -0.3 is 5.32 Å². The molecule has 0 atom stereocenters. The molecule has 0 radical (unpaired) electrons. The van der Waals surface area contributed by atoms with Crippen molar-refractivity contribution in [3.05, 3.63) is 59.0 Å². The molecular formula is C21H21N3O3S3. The molecule has 3 aromatic rings. The van der Waals surface area contributed by atoms with Crippen LogP contribution in [-0.2, 0) is 27.7 Å². The van der Waals surface area contributed by atoms with Crippen LogP contribution in [0.2, 0.25) is 0 Å². The van der Waals surface area contributed by atoms with Gasteiger partial charge in [-0.25, -0.2) is 13.4 Å². The zero-order valence-electron chi connectivity index (χ0n) is 16.3. The Morgan fingerprint density at radius 1 is 1.13 bits per heavy atom. The standard InChI is InChI=1S/C21H21N3O3S3/c1-30(26,27)24-17-8-5-15(6-9-17)19-12-29-21(22-19)23-20(25)13-28-18-10-7-14-3-2-4-16(14)11-18/h5-12,24H,2-4,13H2,1H3,(H,22,23,25). The maximum absolute atomic E-state index is 12.3. The summed E-state index contributed by atoms with van der Waals surface area (Å²) in [5, 5.41) is 5.26. The molecule has 0 saturated heterocycles. The lowest BCUT2D eigenvalue weighted by molar-refractivity contribution is -0.113. The summed E-state index contributed by atoms with van der Waals surface area (Å²) >= 11 is 2.89. The fraction of sp³-hybridized carbons (Fsp3) is 0.238. The summed E-state index contributed by atoms with van der Waals surface area (Å²) in [5.41, 5.74) is 4.90. The molecule has 4 rings (SSSR count). The van der Waals surface area contributed by atoms with Crippen molar-refractivity contribution in [2.75, 3.05) is 22.0 Å². The first kappa shape index (κ1) is 20.9. The van der Waals surface area contributed by atoms with E-state index in [4.69, 9.17) is 0 Å². The third kappa shape index (κ3) is 5.41. The van der Waals surface area contributed by atoms with E-state index in [1.807, 2.05) is 5.38 Å². The molecule has 0 aliphatic heterocycles. The zero-order valence-corrected chi connectivity index (χ0v) is 18.8. The molecule has 9 heteroatoms. The second-order valence-corrected chi connectivity index (χ2v) is 10.8. The van der Waals surface area contributed by atoms with Crippen LogP contribution in [0.25, 0.3) is 11.3 Å². The molecule has 2 N–H and O–H groups in total. The minimum absolute atomic E-state index is 0.0888. The first-order chi connectivity index (χ1) is 14.4. The van der Waals surface area contributed by atoms with Gasteiger partial charge in [-0.05, 0) is 54.7 Å². The molecule has 0 saturated carbocycles. The highest BCUT2D eigenvalue weighted by Crippen LogP contribution is 2.29. The van der Waals surface area contributed by atoms with E-state index in [0.29, 0.717) is 16.6 Å². The Labute approximate surface area is 184 Å². The van der Waals surface area contributed by atoms with Crippen molar-refractivity contribution in [2.24, 2.45) is 0 Å². The number of hydrogen-bond donors (Lipinski definition) is 2. The van der Waals surface area contributed by atoms with E-state index in [9.17, 15) is 13.2 Å². The number of rotatable bonds is 7. The van der Waals surface area contributed by atoms with E-state index in [1.165, 1.54) is 40.6 Å². The van der Waals surface area contributed by atoms with Crippen LogP contribution >= 0.6 is 23.1 Å². The summed E-state index contributed by atoms with van der Waals surface area (Å²) in [7, 11) is -3.31. The molecule has 0 unspecified atom stereocenters. The van der Waals surface area contributed by atoms with Crippen molar-refractivity contribution < 1.29 is 13.2 Å². The van der Waals surface area contributed by atoms with Crippen LogP contribution in [0.3, 0.4) is 0 Å². The van der Waals surface area contributed by atoms with Crippen LogP contribution in [0.15, 0.2) is 52.7 Å². The van der Waals surface area contributed by atoms with Gasteiger partial charge in [0.25, 0.3) is 0 Å². The van der Waals surface area contributed by atoms with Gasteiger partial charge in [-0.15, -0.1) is 23.1 Å². The monoisotopic (exact) mass is 459 g/mol. The van der Waals surface area contributed by atoms with Crippen LogP contribution in [0, 0.1) is 0 Å². The van der Waals surface area contributed by atoms with Gasteiger partial charge in [0.1, 0.15) is 0 Å². The number of anilines is 2. The molecule has 1 aromatic heterocycles. The SMILES string of the molecule is CS(=O)(=O)Nc1ccc(-c2csc(NC(=O)CSc3ccc4c(c3)CCC4)n2)cc1. The molecule has 30 heavy (non-hydrogen) atoms. The van der Waals surface area contributed by atoms with E-state index in [2.05, 4.69) is 33.2 Å². The number of carbonyl (C=O) groups is 1. The van der Waals surface area contributed by atoms with E-state index in [0.717, 1.165) is 35.3 Å². The quantitative estimate of drug-likeness (QED) is 0.511. The molecule has 1 heterocycles. The highest BCUT2D eigenvalue weighted by molar-refractivity contribution is 8.00. The lowest BCUT2D eigenvalue weighted by Gasteiger charge is -2.05. The van der Waals surface area contributed by atoms with E-state index < -0.39 is 10.0 Å². The van der Waals surface area contributed by atoms with Crippen LogP contribution in [-0.4, -0.2) is 31.3 Å². The average Bonchev–Trinajstić information content (AvgIpc) is 3.34. The number of nitrogens with one attached hydrogen (secondary N) is 2. The second kappa shape index (κ2) is 8.79. The lowest BCUT2D eigenvalue weighted by atomic mass is 10.1. The van der Waals surface area contributed by atoms with Crippen LogP contribution < -0.4 is 10.0 Å². The number of nitrogens with zero attached hydrogens (tertiary/aromatic N) is 1. The maximum Gasteiger partial charge on any atom is 0.236 e. The van der Waals surface area contributed by atoms with Crippen molar-refractivity contribution >= 4 is 49.8 Å². The lowest BCUT2D eigenvalue weighted by Crippen LogP contribution is -2.13. The van der Waals surface area contributed by atoms with Crippen molar-refractivity contribution in [3.8, 4) is 11.3 Å². The molecule has 0 spiro atoms. The molecule has 1 aliphatic rings. The summed E-state index contributed by atoms with van der Waals surface area (Å²) in [6, 6.07) is 13.4. The number of carbonyl (C=O) groups excluding carboxylic acids is 1. The van der Waals surface area contributed by atoms with Gasteiger partial charge >= 0.3 is 0 Å². The van der Waals surface area contributed by atoms with Crippen LogP contribution in [0.5, 0.6) is 0 Å². The molecule has 2 aromatic carbocycles. The van der Waals surface area contributed by atoms with Crippen LogP contribution in [0.1, 0.15) is 17.5 Å². The first-order valence-corrected chi connectivity index (χ1v) is 13.2. The molecule has 0 fully saturated rings. The number of thioether (sulfide) groups is 1. The van der Waals surface area contributed by atoms with E-state index in [1.54, 1.807) is 24.3 Å². The van der Waals surface area contributed by atoms with Gasteiger partial charge in [-0.1, -0.05) is 18.2 Å². The summed E-state index contributed by atoms with van der Waals surface area (Å²) < 4.78 is 25.0. The van der Waals surface area contributed by atoms with E-state index in [-0.39, 0.29) is 5.91 Å². The summed E-state index contributed by atoms with van der Waals surface area (Å²) in [5.74, 6) is 0.244. The molecule has 0 bridgehead atoms. The average molecular weight is 460 g/mol. The van der Waals surface area contributed by atoms with Crippen LogP contribution in [0.4, 0.5) is 10.8 Å². The Bertz CT molecular complexity index is 1170. The van der Waals surface area contributed by atoms with Crippen molar-refractivity contribution in [1.29, 1.82) is 0 Å². The zero-order chi connectivity index (χ0) is 21.1. The highest BCUT2D eigenvalue weighted by Gasteiger charge is 2.13. The summed E-state index contributed by atoms with van der Waals surface area (Å²) in [4.78, 5) is 17.9. The Morgan fingerprint density at radius 3 is 2.67 bits per heavy atom. The number of aryl methyl sites for hydroxylation is 2. The topological polar surface area (TPSA) is 88.2 Å².